The van der Waals surface area contributed by atoms with Crippen molar-refractivity contribution < 1.29 is 14.4 Å². The fourth-order valence-electron chi connectivity index (χ4n) is 4.67. The third-order valence-electron chi connectivity index (χ3n) is 6.46. The van der Waals surface area contributed by atoms with E-state index in [1.54, 1.807) is 4.90 Å². The van der Waals surface area contributed by atoms with E-state index in [-0.39, 0.29) is 24.1 Å². The van der Waals surface area contributed by atoms with E-state index in [9.17, 15) is 14.4 Å². The van der Waals surface area contributed by atoms with Gasteiger partial charge in [-0.1, -0.05) is 12.1 Å². The van der Waals surface area contributed by atoms with Gasteiger partial charge in [0.15, 0.2) is 0 Å². The van der Waals surface area contributed by atoms with Crippen LogP contribution in [0.4, 0.5) is 0 Å². The molecule has 0 spiro atoms. The van der Waals surface area contributed by atoms with Crippen LogP contribution in [0.2, 0.25) is 0 Å². The first-order chi connectivity index (χ1) is 13.1. The lowest BCUT2D eigenvalue weighted by molar-refractivity contribution is -0.136. The second kappa shape index (κ2) is 6.42. The van der Waals surface area contributed by atoms with Crippen molar-refractivity contribution in [2.45, 2.75) is 32.0 Å². The number of fused-ring (bicyclic) bond motifs is 1. The van der Waals surface area contributed by atoms with Gasteiger partial charge in [-0.15, -0.1) is 0 Å². The van der Waals surface area contributed by atoms with Gasteiger partial charge in [-0.3, -0.25) is 24.6 Å². The zero-order valence-electron chi connectivity index (χ0n) is 15.2. The summed E-state index contributed by atoms with van der Waals surface area (Å²) in [5.74, 6) is 0.955. The third kappa shape index (κ3) is 2.95. The summed E-state index contributed by atoms with van der Waals surface area (Å²) in [4.78, 5) is 40.3. The molecule has 1 unspecified atom stereocenters. The molecule has 3 saturated heterocycles. The molecule has 3 fully saturated rings. The van der Waals surface area contributed by atoms with E-state index in [4.69, 9.17) is 0 Å². The fourth-order valence-corrected chi connectivity index (χ4v) is 4.67. The quantitative estimate of drug-likeness (QED) is 0.737. The first kappa shape index (κ1) is 16.9. The van der Waals surface area contributed by atoms with E-state index in [2.05, 4.69) is 21.6 Å². The Morgan fingerprint density at radius 3 is 2.59 bits per heavy atom. The Hall–Kier alpha value is -2.25. The summed E-state index contributed by atoms with van der Waals surface area (Å²) in [6.45, 7) is 6.00. The van der Waals surface area contributed by atoms with Crippen molar-refractivity contribution in [3.05, 3.63) is 34.9 Å². The molecule has 0 bridgehead atoms. The number of benzene rings is 1. The molecule has 0 saturated carbocycles. The normalized spacial score (nSPS) is 26.6. The summed E-state index contributed by atoms with van der Waals surface area (Å²) in [6, 6.07) is 5.49. The maximum absolute atomic E-state index is 12.7. The summed E-state index contributed by atoms with van der Waals surface area (Å²) >= 11 is 0. The minimum Gasteiger partial charge on any atom is -0.322 e. The monoisotopic (exact) mass is 368 g/mol. The number of hydrogen-bond donors (Lipinski definition) is 2. The number of nitrogens with zero attached hydrogens (tertiary/aromatic N) is 2. The van der Waals surface area contributed by atoms with Gasteiger partial charge in [-0.25, -0.2) is 0 Å². The van der Waals surface area contributed by atoms with Crippen LogP contribution < -0.4 is 10.6 Å². The van der Waals surface area contributed by atoms with Gasteiger partial charge in [-0.2, -0.15) is 0 Å². The molecule has 0 aromatic heterocycles. The Kier molecular flexibility index (Phi) is 4.02. The smallest absolute Gasteiger partial charge is 0.255 e. The van der Waals surface area contributed by atoms with Crippen LogP contribution in [0.25, 0.3) is 0 Å². The van der Waals surface area contributed by atoms with Gasteiger partial charge in [-0.05, 0) is 48.5 Å². The summed E-state index contributed by atoms with van der Waals surface area (Å²) in [5.41, 5.74) is 2.89. The zero-order valence-corrected chi connectivity index (χ0v) is 15.2. The van der Waals surface area contributed by atoms with Gasteiger partial charge in [0, 0.05) is 38.2 Å². The number of nitrogens with one attached hydrogen (secondary N) is 2. The summed E-state index contributed by atoms with van der Waals surface area (Å²) < 4.78 is 0. The molecule has 1 atom stereocenters. The lowest BCUT2D eigenvalue weighted by atomic mass is 9.82. The third-order valence-corrected chi connectivity index (χ3v) is 6.46. The van der Waals surface area contributed by atoms with E-state index in [0.29, 0.717) is 18.5 Å². The van der Waals surface area contributed by atoms with Gasteiger partial charge >= 0.3 is 0 Å². The molecule has 142 valence electrons. The number of piperidine rings is 1. The molecule has 27 heavy (non-hydrogen) atoms. The first-order valence-corrected chi connectivity index (χ1v) is 9.78. The molecule has 0 aliphatic carbocycles. The van der Waals surface area contributed by atoms with Crippen molar-refractivity contribution in [2.24, 2.45) is 11.8 Å². The van der Waals surface area contributed by atoms with Gasteiger partial charge < -0.3 is 10.2 Å². The molecule has 1 aromatic carbocycles. The minimum atomic E-state index is -0.543. The molecule has 4 heterocycles. The summed E-state index contributed by atoms with van der Waals surface area (Å²) in [5, 5.41) is 5.69. The highest BCUT2D eigenvalue weighted by atomic mass is 16.2. The molecule has 1 aromatic rings. The average Bonchev–Trinajstić information content (AvgIpc) is 2.87. The van der Waals surface area contributed by atoms with E-state index in [0.717, 1.165) is 50.1 Å². The Morgan fingerprint density at radius 1 is 1.07 bits per heavy atom. The largest absolute Gasteiger partial charge is 0.322 e. The number of amides is 3. The number of carbonyl (C=O) groups excluding carboxylic acids is 3. The maximum Gasteiger partial charge on any atom is 0.255 e. The average molecular weight is 368 g/mol. The lowest BCUT2D eigenvalue weighted by Gasteiger charge is -2.47. The molecule has 0 radical (unpaired) electrons. The number of carbonyl (C=O) groups is 3. The standard InChI is InChI=1S/C20H24N4O3/c25-18-4-3-17(19(26)22-18)24-11-13-5-12(1-2-16(13)20(24)27)8-23-9-15(10-23)14-6-21-7-14/h1-2,5,14-15,17,21H,3-4,6-11H2,(H,22,25,26). The van der Waals surface area contributed by atoms with Crippen LogP contribution in [0, 0.1) is 11.8 Å². The SMILES string of the molecule is O=C1CCC(N2Cc3cc(CN4CC(C5CNC5)C4)ccc3C2=O)C(=O)N1. The highest BCUT2D eigenvalue weighted by molar-refractivity contribution is 6.05. The summed E-state index contributed by atoms with van der Waals surface area (Å²) in [6.07, 6.45) is 0.691. The minimum absolute atomic E-state index is 0.104. The lowest BCUT2D eigenvalue weighted by Crippen LogP contribution is -2.57. The van der Waals surface area contributed by atoms with Gasteiger partial charge in [0.25, 0.3) is 5.91 Å². The predicted octanol–water partition coefficient (Wildman–Crippen LogP) is 0.0988. The van der Waals surface area contributed by atoms with Crippen molar-refractivity contribution in [1.82, 2.24) is 20.4 Å². The van der Waals surface area contributed by atoms with Gasteiger partial charge in [0.1, 0.15) is 6.04 Å². The van der Waals surface area contributed by atoms with Crippen LogP contribution in [0.3, 0.4) is 0 Å². The molecule has 3 amide bonds. The molecule has 2 N–H and O–H groups in total. The van der Waals surface area contributed by atoms with Crippen LogP contribution in [-0.2, 0) is 22.7 Å². The Balaban J connectivity index is 1.24. The second-order valence-electron chi connectivity index (χ2n) is 8.26. The molecule has 4 aliphatic heterocycles. The van der Waals surface area contributed by atoms with Crippen molar-refractivity contribution in [3.8, 4) is 0 Å². The van der Waals surface area contributed by atoms with E-state index in [1.165, 1.54) is 5.56 Å². The van der Waals surface area contributed by atoms with Crippen molar-refractivity contribution >= 4 is 17.7 Å². The molecule has 7 nitrogen and oxygen atoms in total. The highest BCUT2D eigenvalue weighted by Gasteiger charge is 2.39. The Bertz CT molecular complexity index is 813. The van der Waals surface area contributed by atoms with Crippen molar-refractivity contribution in [1.29, 1.82) is 0 Å². The number of imide groups is 1. The second-order valence-corrected chi connectivity index (χ2v) is 8.26. The van der Waals surface area contributed by atoms with E-state index >= 15 is 0 Å². The Labute approximate surface area is 158 Å². The maximum atomic E-state index is 12.7. The predicted molar refractivity (Wildman–Crippen MR) is 97.6 cm³/mol. The number of likely N-dealkylation sites (tertiary alicyclic amines) is 1. The van der Waals surface area contributed by atoms with E-state index in [1.807, 2.05) is 12.1 Å². The highest BCUT2D eigenvalue weighted by Crippen LogP contribution is 2.31. The molecule has 7 heteroatoms. The van der Waals surface area contributed by atoms with Crippen LogP contribution in [0.1, 0.15) is 34.3 Å². The van der Waals surface area contributed by atoms with E-state index < -0.39 is 6.04 Å². The topological polar surface area (TPSA) is 81.8 Å². The van der Waals surface area contributed by atoms with Crippen molar-refractivity contribution in [3.63, 3.8) is 0 Å². The molecular formula is C20H24N4O3. The van der Waals surface area contributed by atoms with Crippen LogP contribution in [0.15, 0.2) is 18.2 Å². The van der Waals surface area contributed by atoms with Gasteiger partial charge in [0.2, 0.25) is 11.8 Å². The van der Waals surface area contributed by atoms with Crippen molar-refractivity contribution in [2.75, 3.05) is 26.2 Å². The Morgan fingerprint density at radius 2 is 1.89 bits per heavy atom. The van der Waals surface area contributed by atoms with Crippen LogP contribution in [0.5, 0.6) is 0 Å². The first-order valence-electron chi connectivity index (χ1n) is 9.78. The molecular weight excluding hydrogens is 344 g/mol. The zero-order chi connectivity index (χ0) is 18.5. The molecule has 4 aliphatic rings. The van der Waals surface area contributed by atoms with Crippen LogP contribution >= 0.6 is 0 Å². The van der Waals surface area contributed by atoms with Gasteiger partial charge in [0.05, 0.1) is 0 Å². The fraction of sp³-hybridized carbons (Fsp3) is 0.550. The number of hydrogen-bond acceptors (Lipinski definition) is 5. The van der Waals surface area contributed by atoms with Crippen LogP contribution in [-0.4, -0.2) is 59.7 Å². The number of rotatable bonds is 4. The molecule has 5 rings (SSSR count). The summed E-state index contributed by atoms with van der Waals surface area (Å²) in [7, 11) is 0.